The van der Waals surface area contributed by atoms with E-state index >= 15 is 0 Å². The summed E-state index contributed by atoms with van der Waals surface area (Å²) in [5.74, 6) is -0.457. The number of aryl methyl sites for hydroxylation is 1. The molecule has 0 aliphatic carbocycles. The molecule has 2 aromatic heterocycles. The molecule has 2 heterocycles. The van der Waals surface area contributed by atoms with Crippen LogP contribution < -0.4 is 19.9 Å². The monoisotopic (exact) mass is 392 g/mol. The molecule has 14 heteroatoms. The molecule has 0 radical (unpaired) electrons. The van der Waals surface area contributed by atoms with Gasteiger partial charge < -0.3 is 14.6 Å². The number of carbonyl (C=O) groups excluding carboxylic acids is 1. The number of aromatic nitrogens is 3. The van der Waals surface area contributed by atoms with Gasteiger partial charge in [-0.2, -0.15) is 0 Å². The summed E-state index contributed by atoms with van der Waals surface area (Å²) in [6, 6.07) is -1.57. The molecule has 0 fully saturated rings. The lowest BCUT2D eigenvalue weighted by atomic mass is 10.5. The minimum atomic E-state index is -4.53. The Labute approximate surface area is 144 Å². The van der Waals surface area contributed by atoms with E-state index in [9.17, 15) is 22.8 Å². The van der Waals surface area contributed by atoms with E-state index in [0.717, 1.165) is 15.9 Å². The van der Waals surface area contributed by atoms with Crippen molar-refractivity contribution in [2.75, 3.05) is 7.11 Å². The summed E-state index contributed by atoms with van der Waals surface area (Å²) >= 11 is 0.909. The number of thiophene rings is 1. The first-order valence-corrected chi connectivity index (χ1v) is 8.70. The molecule has 2 aromatic rings. The molecule has 0 spiro atoms. The van der Waals surface area contributed by atoms with Gasteiger partial charge in [0.2, 0.25) is 0 Å². The van der Waals surface area contributed by atoms with Crippen molar-refractivity contribution in [3.8, 4) is 11.8 Å². The van der Waals surface area contributed by atoms with Crippen molar-refractivity contribution < 1.29 is 32.6 Å². The van der Waals surface area contributed by atoms with Crippen molar-refractivity contribution in [1.29, 1.82) is 0 Å². The zero-order chi connectivity index (χ0) is 18.9. The molecule has 0 atom stereocenters. The van der Waals surface area contributed by atoms with E-state index in [4.69, 9.17) is 9.84 Å². The molecule has 136 valence electrons. The number of carboxylic acid groups (broad SMARTS) is 1. The van der Waals surface area contributed by atoms with Crippen molar-refractivity contribution in [1.82, 2.24) is 19.1 Å². The van der Waals surface area contributed by atoms with Crippen LogP contribution in [0.2, 0.25) is 0 Å². The Hall–Kier alpha value is -2.87. The molecule has 1 amide bonds. The zero-order valence-electron chi connectivity index (χ0n) is 13.0. The van der Waals surface area contributed by atoms with E-state index in [0.29, 0.717) is 0 Å². The highest BCUT2D eigenvalue weighted by Gasteiger charge is 2.29. The lowest BCUT2D eigenvalue weighted by Gasteiger charge is -2.07. The lowest BCUT2D eigenvalue weighted by Crippen LogP contribution is -2.40. The number of methoxy groups -OCH3 is 1. The van der Waals surface area contributed by atoms with Crippen LogP contribution in [0.15, 0.2) is 15.1 Å². The van der Waals surface area contributed by atoms with E-state index in [1.54, 1.807) is 4.72 Å². The van der Waals surface area contributed by atoms with Crippen molar-refractivity contribution in [2.24, 2.45) is 7.05 Å². The van der Waals surface area contributed by atoms with E-state index in [1.165, 1.54) is 26.5 Å². The maximum absolute atomic E-state index is 12.4. The average molecular weight is 392 g/mol. The molecule has 0 unspecified atom stereocenters. The highest BCUT2D eigenvalue weighted by molar-refractivity contribution is 7.90. The van der Waals surface area contributed by atoms with Crippen molar-refractivity contribution >= 4 is 33.5 Å². The van der Waals surface area contributed by atoms with Gasteiger partial charge in [-0.15, -0.1) is 21.1 Å². The summed E-state index contributed by atoms with van der Waals surface area (Å²) in [6.45, 7) is 1.40. The third-order valence-electron chi connectivity index (χ3n) is 2.89. The first-order valence-electron chi connectivity index (χ1n) is 6.34. The maximum Gasteiger partial charge on any atom is 0.511 e. The van der Waals surface area contributed by atoms with Gasteiger partial charge in [0, 0.05) is 17.3 Å². The standard InChI is InChI=1S/C11H12N4O8S2/c1-5-7(6(4-24-5)23-11(18)19)25(20,21)13-8(16)15-10(17)14(2)9(12-15)22-3/h4H,1-3H3,(H,13,16)(H,18,19). The van der Waals surface area contributed by atoms with Crippen LogP contribution in [0.5, 0.6) is 11.8 Å². The second-order valence-electron chi connectivity index (χ2n) is 4.50. The molecule has 12 nitrogen and oxygen atoms in total. The zero-order valence-corrected chi connectivity index (χ0v) is 14.7. The van der Waals surface area contributed by atoms with Gasteiger partial charge in [-0.25, -0.2) is 32.1 Å². The third-order valence-corrected chi connectivity index (χ3v) is 5.40. The summed E-state index contributed by atoms with van der Waals surface area (Å²) in [5.41, 5.74) is -0.936. The van der Waals surface area contributed by atoms with Crippen LogP contribution in [0.1, 0.15) is 4.88 Å². The Kier molecular flexibility index (Phi) is 4.85. The number of rotatable bonds is 4. The average Bonchev–Trinajstić information content (AvgIpc) is 3.00. The maximum atomic E-state index is 12.4. The fourth-order valence-electron chi connectivity index (χ4n) is 1.85. The number of hydrogen-bond donors (Lipinski definition) is 2. The number of nitrogens with zero attached hydrogens (tertiary/aromatic N) is 3. The summed E-state index contributed by atoms with van der Waals surface area (Å²) in [5, 5.41) is 13.3. The lowest BCUT2D eigenvalue weighted by molar-refractivity contribution is 0.143. The predicted molar refractivity (Wildman–Crippen MR) is 82.8 cm³/mol. The van der Waals surface area contributed by atoms with Gasteiger partial charge in [-0.1, -0.05) is 0 Å². The topological polar surface area (TPSA) is 159 Å². The second kappa shape index (κ2) is 6.56. The summed E-state index contributed by atoms with van der Waals surface area (Å²) in [7, 11) is -2.04. The van der Waals surface area contributed by atoms with E-state index in [-0.39, 0.29) is 15.6 Å². The van der Waals surface area contributed by atoms with Crippen LogP contribution in [0, 0.1) is 6.92 Å². The highest BCUT2D eigenvalue weighted by Crippen LogP contribution is 2.33. The van der Waals surface area contributed by atoms with Gasteiger partial charge in [0.25, 0.3) is 10.0 Å². The Bertz CT molecular complexity index is 1000. The summed E-state index contributed by atoms with van der Waals surface area (Å²) in [4.78, 5) is 34.3. The number of amides is 1. The van der Waals surface area contributed by atoms with Crippen LogP contribution >= 0.6 is 11.3 Å². The van der Waals surface area contributed by atoms with Gasteiger partial charge in [-0.05, 0) is 6.92 Å². The van der Waals surface area contributed by atoms with Crippen LogP contribution in [-0.2, 0) is 17.1 Å². The SMILES string of the molecule is COc1nn(C(=O)NS(=O)(=O)c2c(OC(=O)O)csc2C)c(=O)n1C. The van der Waals surface area contributed by atoms with E-state index in [2.05, 4.69) is 9.84 Å². The fourth-order valence-corrected chi connectivity index (χ4v) is 4.21. The van der Waals surface area contributed by atoms with Crippen molar-refractivity contribution in [2.45, 2.75) is 11.8 Å². The van der Waals surface area contributed by atoms with Crippen molar-refractivity contribution in [3.05, 3.63) is 20.7 Å². The normalized spacial score (nSPS) is 11.2. The van der Waals surface area contributed by atoms with Gasteiger partial charge in [-0.3, -0.25) is 0 Å². The summed E-state index contributed by atoms with van der Waals surface area (Å²) < 4.78 is 36.7. The molecule has 0 bridgehead atoms. The van der Waals surface area contributed by atoms with Crippen LogP contribution in [0.4, 0.5) is 9.59 Å². The van der Waals surface area contributed by atoms with Crippen LogP contribution in [-0.4, -0.2) is 47.2 Å². The third kappa shape index (κ3) is 3.48. The highest BCUT2D eigenvalue weighted by atomic mass is 32.2. The number of sulfonamides is 1. The molecule has 0 aliphatic heterocycles. The van der Waals surface area contributed by atoms with Crippen LogP contribution in [0.3, 0.4) is 0 Å². The number of carbonyl (C=O) groups is 2. The number of hydrogen-bond acceptors (Lipinski definition) is 9. The molecule has 0 aromatic carbocycles. The molecule has 0 saturated heterocycles. The van der Waals surface area contributed by atoms with E-state index < -0.39 is 38.5 Å². The molecule has 2 N–H and O–H groups in total. The van der Waals surface area contributed by atoms with E-state index in [1.807, 2.05) is 0 Å². The molecule has 2 rings (SSSR count). The molecule has 0 saturated carbocycles. The van der Waals surface area contributed by atoms with Gasteiger partial charge >= 0.3 is 23.9 Å². The first kappa shape index (κ1) is 18.5. The van der Waals surface area contributed by atoms with Crippen LogP contribution in [0.25, 0.3) is 0 Å². The molecular weight excluding hydrogens is 380 g/mol. The Balaban J connectivity index is 2.40. The molecule has 25 heavy (non-hydrogen) atoms. The molecule has 0 aliphatic rings. The minimum absolute atomic E-state index is 0.183. The van der Waals surface area contributed by atoms with Crippen molar-refractivity contribution in [3.63, 3.8) is 0 Å². The number of ether oxygens (including phenoxy) is 2. The minimum Gasteiger partial charge on any atom is -0.467 e. The van der Waals surface area contributed by atoms with Gasteiger partial charge in [0.1, 0.15) is 4.90 Å². The predicted octanol–water partition coefficient (Wildman–Crippen LogP) is -0.0363. The quantitative estimate of drug-likeness (QED) is 0.681. The fraction of sp³-hybridized carbons (Fsp3) is 0.273. The van der Waals surface area contributed by atoms with Gasteiger partial charge in [0.05, 0.1) is 7.11 Å². The summed E-state index contributed by atoms with van der Waals surface area (Å²) in [6.07, 6.45) is -1.72. The molecular formula is C11H12N4O8S2. The largest absolute Gasteiger partial charge is 0.511 e. The Morgan fingerprint density at radius 2 is 2.04 bits per heavy atom. The second-order valence-corrected chi connectivity index (χ2v) is 7.21. The Morgan fingerprint density at radius 3 is 2.56 bits per heavy atom. The number of nitrogens with one attached hydrogen (secondary N) is 1. The first-order chi connectivity index (χ1) is 11.6. The van der Waals surface area contributed by atoms with Gasteiger partial charge in [0.15, 0.2) is 5.75 Å². The Morgan fingerprint density at radius 1 is 1.40 bits per heavy atom. The smallest absolute Gasteiger partial charge is 0.467 e.